The van der Waals surface area contributed by atoms with Gasteiger partial charge in [0.05, 0.1) is 11.9 Å². The van der Waals surface area contributed by atoms with E-state index in [-0.39, 0.29) is 4.90 Å². The minimum Gasteiger partial charge on any atom is -0.457 e. The molecule has 3 aromatic rings. The lowest BCUT2D eigenvalue weighted by atomic mass is 10.3. The topological polar surface area (TPSA) is 73.2 Å². The highest BCUT2D eigenvalue weighted by molar-refractivity contribution is 7.92. The van der Waals surface area contributed by atoms with E-state index < -0.39 is 10.0 Å². The summed E-state index contributed by atoms with van der Waals surface area (Å²) < 4.78 is 35.0. The van der Waals surface area contributed by atoms with Crippen LogP contribution in [0.2, 0.25) is 0 Å². The Labute approximate surface area is 147 Å². The van der Waals surface area contributed by atoms with Crippen molar-refractivity contribution in [1.29, 1.82) is 0 Å². The van der Waals surface area contributed by atoms with Crippen molar-refractivity contribution < 1.29 is 13.2 Å². The van der Waals surface area contributed by atoms with Gasteiger partial charge in [-0.3, -0.25) is 9.40 Å². The molecule has 1 aromatic heterocycles. The lowest BCUT2D eigenvalue weighted by molar-refractivity contribution is 0.483. The van der Waals surface area contributed by atoms with Crippen LogP contribution in [0, 0.1) is 6.92 Å². The zero-order chi connectivity index (χ0) is 17.9. The van der Waals surface area contributed by atoms with Gasteiger partial charge in [0.25, 0.3) is 10.0 Å². The molecule has 0 saturated heterocycles. The summed E-state index contributed by atoms with van der Waals surface area (Å²) in [4.78, 5) is 0.180. The summed E-state index contributed by atoms with van der Waals surface area (Å²) >= 11 is 0. The van der Waals surface area contributed by atoms with Crippen LogP contribution in [0.4, 0.5) is 5.69 Å². The molecular weight excluding hydrogens is 338 g/mol. The van der Waals surface area contributed by atoms with Crippen LogP contribution in [0.5, 0.6) is 11.5 Å². The molecule has 0 unspecified atom stereocenters. The number of nitrogens with one attached hydrogen (secondary N) is 1. The molecule has 6 nitrogen and oxygen atoms in total. The number of hydrogen-bond donors (Lipinski definition) is 1. The lowest BCUT2D eigenvalue weighted by Gasteiger charge is -2.09. The number of aromatic nitrogens is 2. The summed E-state index contributed by atoms with van der Waals surface area (Å²) in [6.07, 6.45) is 1.37. The zero-order valence-corrected chi connectivity index (χ0v) is 14.8. The van der Waals surface area contributed by atoms with Crippen LogP contribution >= 0.6 is 0 Å². The standard InChI is InChI=1S/C18H19N3O3S/c1-3-21-14(2)18(13-19-21)25(22,23)20-15-9-11-17(12-10-15)24-16-7-5-4-6-8-16/h4-13,20H,3H2,1-2H3. The third-order valence-electron chi connectivity index (χ3n) is 3.73. The normalized spacial score (nSPS) is 11.3. The second-order valence-corrected chi connectivity index (χ2v) is 7.11. The Bertz CT molecular complexity index is 949. The summed E-state index contributed by atoms with van der Waals surface area (Å²) in [6, 6.07) is 16.1. The van der Waals surface area contributed by atoms with Crippen molar-refractivity contribution in [1.82, 2.24) is 9.78 Å². The van der Waals surface area contributed by atoms with E-state index in [4.69, 9.17) is 4.74 Å². The second kappa shape index (κ2) is 6.98. The smallest absolute Gasteiger partial charge is 0.265 e. The van der Waals surface area contributed by atoms with Gasteiger partial charge in [0.15, 0.2) is 0 Å². The van der Waals surface area contributed by atoms with Crippen LogP contribution in [0.3, 0.4) is 0 Å². The van der Waals surface area contributed by atoms with Gasteiger partial charge in [-0.25, -0.2) is 8.42 Å². The van der Waals surface area contributed by atoms with Crippen LogP contribution in [-0.4, -0.2) is 18.2 Å². The van der Waals surface area contributed by atoms with Gasteiger partial charge in [-0.05, 0) is 50.2 Å². The van der Waals surface area contributed by atoms with Gasteiger partial charge in [-0.1, -0.05) is 18.2 Å². The molecule has 2 aromatic carbocycles. The van der Waals surface area contributed by atoms with E-state index in [2.05, 4.69) is 9.82 Å². The number of benzene rings is 2. The minimum absolute atomic E-state index is 0.180. The maximum atomic E-state index is 12.5. The predicted molar refractivity (Wildman–Crippen MR) is 96.4 cm³/mol. The fourth-order valence-corrected chi connectivity index (χ4v) is 3.67. The number of sulfonamides is 1. The van der Waals surface area contributed by atoms with Crippen LogP contribution in [-0.2, 0) is 16.6 Å². The molecule has 25 heavy (non-hydrogen) atoms. The molecule has 0 aliphatic heterocycles. The Hall–Kier alpha value is -2.80. The van der Waals surface area contributed by atoms with Gasteiger partial charge in [0, 0.05) is 12.2 Å². The highest BCUT2D eigenvalue weighted by Crippen LogP contribution is 2.24. The Morgan fingerprint density at radius 3 is 2.28 bits per heavy atom. The average Bonchev–Trinajstić information content (AvgIpc) is 2.99. The number of nitrogens with zero attached hydrogens (tertiary/aromatic N) is 2. The van der Waals surface area contributed by atoms with Crippen molar-refractivity contribution in [2.45, 2.75) is 25.3 Å². The highest BCUT2D eigenvalue weighted by atomic mass is 32.2. The molecule has 0 atom stereocenters. The van der Waals surface area contributed by atoms with Crippen LogP contribution in [0.15, 0.2) is 65.7 Å². The number of ether oxygens (including phenoxy) is 1. The first kappa shape index (κ1) is 17.0. The van der Waals surface area contributed by atoms with E-state index in [1.165, 1.54) is 6.20 Å². The van der Waals surface area contributed by atoms with Crippen LogP contribution < -0.4 is 9.46 Å². The summed E-state index contributed by atoms with van der Waals surface area (Å²) in [7, 11) is -3.68. The van der Waals surface area contributed by atoms with Crippen molar-refractivity contribution in [3.63, 3.8) is 0 Å². The number of rotatable bonds is 6. The summed E-state index contributed by atoms with van der Waals surface area (Å²) in [5.74, 6) is 1.35. The van der Waals surface area contributed by atoms with E-state index in [1.807, 2.05) is 37.3 Å². The van der Waals surface area contributed by atoms with Crippen LogP contribution in [0.25, 0.3) is 0 Å². The Kier molecular flexibility index (Phi) is 4.76. The molecular formula is C18H19N3O3S. The molecule has 0 fully saturated rings. The summed E-state index contributed by atoms with van der Waals surface area (Å²) in [5.41, 5.74) is 1.07. The molecule has 130 valence electrons. The largest absolute Gasteiger partial charge is 0.457 e. The maximum Gasteiger partial charge on any atom is 0.265 e. The highest BCUT2D eigenvalue weighted by Gasteiger charge is 2.20. The average molecular weight is 357 g/mol. The van der Waals surface area contributed by atoms with E-state index in [9.17, 15) is 8.42 Å². The second-order valence-electron chi connectivity index (χ2n) is 5.45. The third-order valence-corrected chi connectivity index (χ3v) is 5.22. The maximum absolute atomic E-state index is 12.5. The molecule has 0 aliphatic carbocycles. The first-order valence-electron chi connectivity index (χ1n) is 7.88. The first-order chi connectivity index (χ1) is 12.0. The Morgan fingerprint density at radius 1 is 1.04 bits per heavy atom. The number of anilines is 1. The Morgan fingerprint density at radius 2 is 1.68 bits per heavy atom. The quantitative estimate of drug-likeness (QED) is 0.728. The predicted octanol–water partition coefficient (Wildman–Crippen LogP) is 3.80. The molecule has 0 aliphatic rings. The van der Waals surface area contributed by atoms with Gasteiger partial charge in [-0.15, -0.1) is 0 Å². The fourth-order valence-electron chi connectivity index (χ4n) is 2.44. The summed E-state index contributed by atoms with van der Waals surface area (Å²) in [5, 5.41) is 4.08. The van der Waals surface area contributed by atoms with Crippen molar-refractivity contribution >= 4 is 15.7 Å². The van der Waals surface area contributed by atoms with E-state index in [0.717, 1.165) is 5.75 Å². The van der Waals surface area contributed by atoms with E-state index >= 15 is 0 Å². The van der Waals surface area contributed by atoms with E-state index in [0.29, 0.717) is 23.7 Å². The molecule has 1 heterocycles. The van der Waals surface area contributed by atoms with E-state index in [1.54, 1.807) is 35.9 Å². The Balaban J connectivity index is 1.75. The zero-order valence-electron chi connectivity index (χ0n) is 14.0. The molecule has 1 N–H and O–H groups in total. The number of hydrogen-bond acceptors (Lipinski definition) is 4. The van der Waals surface area contributed by atoms with Gasteiger partial charge in [0.2, 0.25) is 0 Å². The minimum atomic E-state index is -3.68. The third kappa shape index (κ3) is 3.83. The number of aryl methyl sites for hydroxylation is 1. The molecule has 0 amide bonds. The van der Waals surface area contributed by atoms with Crippen molar-refractivity contribution in [2.24, 2.45) is 0 Å². The monoisotopic (exact) mass is 357 g/mol. The lowest BCUT2D eigenvalue weighted by Crippen LogP contribution is -2.14. The van der Waals surface area contributed by atoms with Crippen molar-refractivity contribution in [2.75, 3.05) is 4.72 Å². The SMILES string of the molecule is CCn1ncc(S(=O)(=O)Nc2ccc(Oc3ccccc3)cc2)c1C. The van der Waals surface area contributed by atoms with Gasteiger partial charge >= 0.3 is 0 Å². The first-order valence-corrected chi connectivity index (χ1v) is 9.36. The molecule has 0 saturated carbocycles. The van der Waals surface area contributed by atoms with Crippen molar-refractivity contribution in [3.8, 4) is 11.5 Å². The molecule has 0 spiro atoms. The molecule has 3 rings (SSSR count). The number of para-hydroxylation sites is 1. The molecule has 0 radical (unpaired) electrons. The molecule has 0 bridgehead atoms. The fraction of sp³-hybridized carbons (Fsp3) is 0.167. The summed E-state index contributed by atoms with van der Waals surface area (Å²) in [6.45, 7) is 4.27. The molecule has 7 heteroatoms. The van der Waals surface area contributed by atoms with Gasteiger partial charge in [-0.2, -0.15) is 5.10 Å². The van der Waals surface area contributed by atoms with Crippen LogP contribution in [0.1, 0.15) is 12.6 Å². The van der Waals surface area contributed by atoms with Crippen molar-refractivity contribution in [3.05, 3.63) is 66.5 Å². The van der Waals surface area contributed by atoms with Gasteiger partial charge < -0.3 is 4.74 Å². The van der Waals surface area contributed by atoms with Gasteiger partial charge in [0.1, 0.15) is 16.4 Å².